The van der Waals surface area contributed by atoms with Gasteiger partial charge in [-0.05, 0) is 26.0 Å². The monoisotopic (exact) mass is 346 g/mol. The molecule has 0 saturated heterocycles. The van der Waals surface area contributed by atoms with Crippen molar-refractivity contribution >= 4 is 28.8 Å². The molecule has 0 unspecified atom stereocenters. The fourth-order valence-electron chi connectivity index (χ4n) is 2.02. The van der Waals surface area contributed by atoms with Crippen LogP contribution in [-0.2, 0) is 14.3 Å². The third kappa shape index (κ3) is 5.17. The molecular weight excluding hydrogens is 328 g/mol. The van der Waals surface area contributed by atoms with Crippen molar-refractivity contribution < 1.29 is 23.5 Å². The summed E-state index contributed by atoms with van der Waals surface area (Å²) in [7, 11) is 0. The van der Waals surface area contributed by atoms with Gasteiger partial charge in [0, 0.05) is 11.4 Å². The normalized spacial score (nSPS) is 10.5. The molecule has 25 heavy (non-hydrogen) atoms. The lowest BCUT2D eigenvalue weighted by Crippen LogP contribution is -2.41. The largest absolute Gasteiger partial charge is 0.452 e. The standard InChI is InChI=1S/C17H18N2O6/c1-10(2)19-14(20)8-18-15(21)9-24-16(22)12-7-11-5-3-4-6-13(11)25-17(12)23/h3-7,10H,8-9H2,1-2H3,(H,18,21)(H,19,20). The van der Waals surface area contributed by atoms with Crippen molar-refractivity contribution in [2.45, 2.75) is 19.9 Å². The summed E-state index contributed by atoms with van der Waals surface area (Å²) in [5.41, 5.74) is -0.803. The summed E-state index contributed by atoms with van der Waals surface area (Å²) >= 11 is 0. The highest BCUT2D eigenvalue weighted by atomic mass is 16.5. The van der Waals surface area contributed by atoms with Crippen molar-refractivity contribution in [2.75, 3.05) is 13.2 Å². The number of nitrogens with one attached hydrogen (secondary N) is 2. The van der Waals surface area contributed by atoms with Gasteiger partial charge in [-0.3, -0.25) is 9.59 Å². The maximum atomic E-state index is 12.0. The quantitative estimate of drug-likeness (QED) is 0.584. The van der Waals surface area contributed by atoms with E-state index in [1.54, 1.807) is 38.1 Å². The van der Waals surface area contributed by atoms with Crippen LogP contribution >= 0.6 is 0 Å². The average Bonchev–Trinajstić information content (AvgIpc) is 2.56. The number of fused-ring (bicyclic) bond motifs is 1. The van der Waals surface area contributed by atoms with E-state index in [1.165, 1.54) is 6.07 Å². The van der Waals surface area contributed by atoms with Crippen molar-refractivity contribution in [1.82, 2.24) is 10.6 Å². The minimum atomic E-state index is -0.971. The molecule has 1 aromatic carbocycles. The first-order valence-corrected chi connectivity index (χ1v) is 7.63. The summed E-state index contributed by atoms with van der Waals surface area (Å²) in [6.07, 6.45) is 0. The number of benzene rings is 1. The minimum Gasteiger partial charge on any atom is -0.452 e. The van der Waals surface area contributed by atoms with E-state index in [-0.39, 0.29) is 24.1 Å². The number of hydrogen-bond donors (Lipinski definition) is 2. The molecule has 1 aromatic heterocycles. The van der Waals surface area contributed by atoms with Crippen molar-refractivity contribution in [3.8, 4) is 0 Å². The lowest BCUT2D eigenvalue weighted by atomic mass is 10.2. The molecule has 8 nitrogen and oxygen atoms in total. The second kappa shape index (κ2) is 8.09. The summed E-state index contributed by atoms with van der Waals surface area (Å²) in [4.78, 5) is 46.8. The highest BCUT2D eigenvalue weighted by Crippen LogP contribution is 2.12. The Hall–Kier alpha value is -3.16. The molecule has 2 amide bonds. The molecule has 0 aliphatic rings. The summed E-state index contributed by atoms with van der Waals surface area (Å²) in [6.45, 7) is 2.74. The zero-order valence-corrected chi connectivity index (χ0v) is 13.8. The van der Waals surface area contributed by atoms with E-state index in [9.17, 15) is 19.2 Å². The maximum Gasteiger partial charge on any atom is 0.351 e. The molecule has 2 rings (SSSR count). The number of carbonyl (C=O) groups excluding carboxylic acids is 3. The van der Waals surface area contributed by atoms with Gasteiger partial charge < -0.3 is 19.8 Å². The van der Waals surface area contributed by atoms with Crippen LogP contribution in [0.2, 0.25) is 0 Å². The fourth-order valence-corrected chi connectivity index (χ4v) is 2.02. The number of amides is 2. The molecule has 0 saturated carbocycles. The van der Waals surface area contributed by atoms with Crippen molar-refractivity contribution in [2.24, 2.45) is 0 Å². The Morgan fingerprint density at radius 2 is 1.88 bits per heavy atom. The highest BCUT2D eigenvalue weighted by Gasteiger charge is 2.17. The van der Waals surface area contributed by atoms with E-state index < -0.39 is 24.1 Å². The van der Waals surface area contributed by atoms with E-state index in [1.807, 2.05) is 0 Å². The zero-order valence-electron chi connectivity index (χ0n) is 13.8. The molecule has 132 valence electrons. The van der Waals surface area contributed by atoms with Gasteiger partial charge in [0.05, 0.1) is 6.54 Å². The Kier molecular flexibility index (Phi) is 5.89. The van der Waals surface area contributed by atoms with Gasteiger partial charge in [0.25, 0.3) is 5.91 Å². The summed E-state index contributed by atoms with van der Waals surface area (Å²) in [6, 6.07) is 8.00. The molecule has 0 atom stereocenters. The van der Waals surface area contributed by atoms with E-state index in [4.69, 9.17) is 9.15 Å². The summed E-state index contributed by atoms with van der Waals surface area (Å²) in [5.74, 6) is -1.98. The third-order valence-corrected chi connectivity index (χ3v) is 3.09. The molecule has 0 spiro atoms. The predicted octanol–water partition coefficient (Wildman–Crippen LogP) is 0.591. The second-order valence-electron chi connectivity index (χ2n) is 5.56. The highest BCUT2D eigenvalue weighted by molar-refractivity contribution is 5.94. The number of esters is 1. The first-order valence-electron chi connectivity index (χ1n) is 7.63. The lowest BCUT2D eigenvalue weighted by molar-refractivity contribution is -0.128. The zero-order chi connectivity index (χ0) is 18.4. The fraction of sp³-hybridized carbons (Fsp3) is 0.294. The Morgan fingerprint density at radius 3 is 2.60 bits per heavy atom. The van der Waals surface area contributed by atoms with Crippen LogP contribution in [0, 0.1) is 0 Å². The van der Waals surface area contributed by atoms with Gasteiger partial charge in [-0.1, -0.05) is 18.2 Å². The van der Waals surface area contributed by atoms with Gasteiger partial charge in [-0.15, -0.1) is 0 Å². The van der Waals surface area contributed by atoms with Crippen LogP contribution in [0.3, 0.4) is 0 Å². The number of carbonyl (C=O) groups is 3. The number of para-hydroxylation sites is 1. The minimum absolute atomic E-state index is 0.0469. The maximum absolute atomic E-state index is 12.0. The molecule has 0 radical (unpaired) electrons. The summed E-state index contributed by atoms with van der Waals surface area (Å²) in [5, 5.41) is 5.47. The molecule has 0 bridgehead atoms. The Labute approximate surface area is 143 Å². The lowest BCUT2D eigenvalue weighted by Gasteiger charge is -2.09. The van der Waals surface area contributed by atoms with E-state index in [0.29, 0.717) is 11.0 Å². The SMILES string of the molecule is CC(C)NC(=O)CNC(=O)COC(=O)c1cc2ccccc2oc1=O. The smallest absolute Gasteiger partial charge is 0.351 e. The van der Waals surface area contributed by atoms with Gasteiger partial charge in [0.2, 0.25) is 5.91 Å². The predicted molar refractivity (Wildman–Crippen MR) is 89.1 cm³/mol. The van der Waals surface area contributed by atoms with Gasteiger partial charge in [-0.2, -0.15) is 0 Å². The molecule has 0 aliphatic heterocycles. The Bertz CT molecular complexity index is 856. The first-order chi connectivity index (χ1) is 11.9. The average molecular weight is 346 g/mol. The van der Waals surface area contributed by atoms with Crippen LogP contribution < -0.4 is 16.3 Å². The van der Waals surface area contributed by atoms with Crippen LogP contribution in [0.4, 0.5) is 0 Å². The van der Waals surface area contributed by atoms with Gasteiger partial charge >= 0.3 is 11.6 Å². The van der Waals surface area contributed by atoms with Crippen LogP contribution in [0.25, 0.3) is 11.0 Å². The van der Waals surface area contributed by atoms with E-state index in [0.717, 1.165) is 0 Å². The van der Waals surface area contributed by atoms with Crippen LogP contribution in [-0.4, -0.2) is 37.0 Å². The Morgan fingerprint density at radius 1 is 1.16 bits per heavy atom. The topological polar surface area (TPSA) is 115 Å². The van der Waals surface area contributed by atoms with Gasteiger partial charge in [0.1, 0.15) is 11.1 Å². The molecule has 0 fully saturated rings. The number of ether oxygens (including phenoxy) is 1. The molecule has 8 heteroatoms. The van der Waals surface area contributed by atoms with Crippen LogP contribution in [0.15, 0.2) is 39.5 Å². The van der Waals surface area contributed by atoms with E-state index >= 15 is 0 Å². The van der Waals surface area contributed by atoms with Gasteiger partial charge in [0.15, 0.2) is 6.61 Å². The molecule has 0 aliphatic carbocycles. The number of rotatable bonds is 6. The molecule has 2 aromatic rings. The molecular formula is C17H18N2O6. The third-order valence-electron chi connectivity index (χ3n) is 3.09. The second-order valence-corrected chi connectivity index (χ2v) is 5.56. The number of hydrogen-bond acceptors (Lipinski definition) is 6. The summed E-state index contributed by atoms with van der Waals surface area (Å²) < 4.78 is 9.82. The van der Waals surface area contributed by atoms with Crippen LogP contribution in [0.1, 0.15) is 24.2 Å². The van der Waals surface area contributed by atoms with Crippen molar-refractivity contribution in [3.63, 3.8) is 0 Å². The van der Waals surface area contributed by atoms with E-state index in [2.05, 4.69) is 10.6 Å². The van der Waals surface area contributed by atoms with Crippen molar-refractivity contribution in [3.05, 3.63) is 46.3 Å². The van der Waals surface area contributed by atoms with Crippen LogP contribution in [0.5, 0.6) is 0 Å². The van der Waals surface area contributed by atoms with Crippen molar-refractivity contribution in [1.29, 1.82) is 0 Å². The first kappa shape index (κ1) is 18.2. The Balaban J connectivity index is 1.92. The molecule has 2 N–H and O–H groups in total. The van der Waals surface area contributed by atoms with Gasteiger partial charge in [-0.25, -0.2) is 9.59 Å². The molecule has 1 heterocycles.